The smallest absolute Gasteiger partial charge is 0.167 e. The number of Topliss-reactive ketones (excluding diaryl/α,β-unsaturated/α-hetero) is 1. The topological polar surface area (TPSA) is 17.1 Å². The lowest BCUT2D eigenvalue weighted by Crippen LogP contribution is -2.34. The highest BCUT2D eigenvalue weighted by molar-refractivity contribution is 9.11. The van der Waals surface area contributed by atoms with Gasteiger partial charge in [0.2, 0.25) is 0 Å². The molecule has 0 N–H and O–H groups in total. The molecule has 1 saturated carbocycles. The van der Waals surface area contributed by atoms with Crippen LogP contribution in [-0.2, 0) is 0 Å². The van der Waals surface area contributed by atoms with E-state index < -0.39 is 0 Å². The Morgan fingerprint density at radius 2 is 1.89 bits per heavy atom. The Labute approximate surface area is 132 Å². The average molecular weight is 388 g/mol. The molecule has 1 atom stereocenters. The Morgan fingerprint density at radius 1 is 1.21 bits per heavy atom. The van der Waals surface area contributed by atoms with Crippen LogP contribution >= 0.6 is 31.9 Å². The van der Waals surface area contributed by atoms with Crippen LogP contribution in [0.15, 0.2) is 21.1 Å². The number of hydrogen-bond donors (Lipinski definition) is 0. The number of rotatable bonds is 2. The molecule has 0 saturated heterocycles. The first-order chi connectivity index (χ1) is 8.83. The van der Waals surface area contributed by atoms with Gasteiger partial charge in [-0.15, -0.1) is 0 Å². The van der Waals surface area contributed by atoms with Gasteiger partial charge in [-0.2, -0.15) is 0 Å². The zero-order valence-electron chi connectivity index (χ0n) is 11.7. The Morgan fingerprint density at radius 3 is 2.53 bits per heavy atom. The van der Waals surface area contributed by atoms with Crippen LogP contribution in [0.2, 0.25) is 0 Å². The van der Waals surface area contributed by atoms with E-state index in [1.54, 1.807) is 0 Å². The standard InChI is InChI=1S/C16H20Br2O/c1-10-8-14(18)11(9-13(10)17)15(19)12-6-4-5-7-16(12,2)3/h8-9,12H,4-7H2,1-3H3. The molecule has 2 rings (SSSR count). The molecule has 1 aromatic rings. The molecule has 0 aromatic heterocycles. The van der Waals surface area contributed by atoms with Crippen molar-refractivity contribution in [3.63, 3.8) is 0 Å². The van der Waals surface area contributed by atoms with Crippen LogP contribution in [-0.4, -0.2) is 5.78 Å². The van der Waals surface area contributed by atoms with E-state index in [-0.39, 0.29) is 17.1 Å². The van der Waals surface area contributed by atoms with Crippen molar-refractivity contribution in [3.05, 3.63) is 32.2 Å². The van der Waals surface area contributed by atoms with Crippen LogP contribution in [0.4, 0.5) is 0 Å². The predicted octanol–water partition coefficient (Wildman–Crippen LogP) is 5.92. The van der Waals surface area contributed by atoms with Gasteiger partial charge in [0.15, 0.2) is 5.78 Å². The lowest BCUT2D eigenvalue weighted by Gasteiger charge is -2.37. The maximum Gasteiger partial charge on any atom is 0.167 e. The fourth-order valence-corrected chi connectivity index (χ4v) is 4.00. The molecule has 0 heterocycles. The summed E-state index contributed by atoms with van der Waals surface area (Å²) in [6.07, 6.45) is 4.58. The number of carbonyl (C=O) groups is 1. The molecule has 1 aliphatic rings. The van der Waals surface area contributed by atoms with Crippen molar-refractivity contribution in [2.45, 2.75) is 46.5 Å². The minimum absolute atomic E-state index is 0.117. The molecule has 0 spiro atoms. The normalized spacial score (nSPS) is 22.3. The molecular weight excluding hydrogens is 368 g/mol. The molecule has 3 heteroatoms. The van der Waals surface area contributed by atoms with Crippen molar-refractivity contribution in [2.75, 3.05) is 0 Å². The summed E-state index contributed by atoms with van der Waals surface area (Å²) in [4.78, 5) is 12.8. The summed E-state index contributed by atoms with van der Waals surface area (Å²) in [6.45, 7) is 6.49. The van der Waals surface area contributed by atoms with Crippen molar-refractivity contribution in [2.24, 2.45) is 11.3 Å². The summed E-state index contributed by atoms with van der Waals surface area (Å²) in [6, 6.07) is 3.99. The first kappa shape index (κ1) is 15.2. The van der Waals surface area contributed by atoms with Gasteiger partial charge in [0, 0.05) is 20.4 Å². The van der Waals surface area contributed by atoms with E-state index in [1.807, 2.05) is 19.1 Å². The Hall–Kier alpha value is -0.150. The van der Waals surface area contributed by atoms with Gasteiger partial charge in [-0.3, -0.25) is 4.79 Å². The first-order valence-electron chi connectivity index (χ1n) is 6.83. The Kier molecular flexibility index (Phi) is 4.56. The van der Waals surface area contributed by atoms with Gasteiger partial charge in [-0.05, 0) is 42.9 Å². The second-order valence-corrected chi connectivity index (χ2v) is 7.94. The minimum atomic E-state index is 0.117. The summed E-state index contributed by atoms with van der Waals surface area (Å²) in [5.74, 6) is 0.435. The molecule has 0 amide bonds. The van der Waals surface area contributed by atoms with Gasteiger partial charge < -0.3 is 0 Å². The summed E-state index contributed by atoms with van der Waals surface area (Å²) < 4.78 is 1.92. The van der Waals surface area contributed by atoms with Gasteiger partial charge in [0.1, 0.15) is 0 Å². The van der Waals surface area contributed by atoms with Crippen molar-refractivity contribution in [3.8, 4) is 0 Å². The second kappa shape index (κ2) is 5.69. The molecule has 1 fully saturated rings. The maximum absolute atomic E-state index is 12.8. The summed E-state index contributed by atoms with van der Waals surface area (Å²) >= 11 is 7.07. The summed E-state index contributed by atoms with van der Waals surface area (Å²) in [5.41, 5.74) is 2.08. The number of ketones is 1. The van der Waals surface area contributed by atoms with Gasteiger partial charge in [-0.1, -0.05) is 58.5 Å². The molecule has 1 nitrogen and oxygen atoms in total. The molecule has 0 radical (unpaired) electrons. The van der Waals surface area contributed by atoms with Crippen molar-refractivity contribution < 1.29 is 4.79 Å². The Balaban J connectivity index is 2.36. The molecular formula is C16H20Br2O. The summed E-state index contributed by atoms with van der Waals surface area (Å²) in [5, 5.41) is 0. The van der Waals surface area contributed by atoms with Crippen LogP contribution in [0.1, 0.15) is 55.5 Å². The largest absolute Gasteiger partial charge is 0.294 e. The van der Waals surface area contributed by atoms with Gasteiger partial charge >= 0.3 is 0 Å². The number of aryl methyl sites for hydroxylation is 1. The quantitative estimate of drug-likeness (QED) is 0.575. The van der Waals surface area contributed by atoms with Gasteiger partial charge in [0.25, 0.3) is 0 Å². The minimum Gasteiger partial charge on any atom is -0.294 e. The van der Waals surface area contributed by atoms with E-state index in [0.29, 0.717) is 0 Å². The SMILES string of the molecule is Cc1cc(Br)c(C(=O)C2CCCCC2(C)C)cc1Br. The fourth-order valence-electron chi connectivity index (χ4n) is 3.00. The highest BCUT2D eigenvalue weighted by Crippen LogP contribution is 2.43. The molecule has 104 valence electrons. The molecule has 0 bridgehead atoms. The molecule has 1 unspecified atom stereocenters. The van der Waals surface area contributed by atoms with Crippen LogP contribution in [0, 0.1) is 18.3 Å². The average Bonchev–Trinajstić information content (AvgIpc) is 2.32. The van der Waals surface area contributed by atoms with Crippen molar-refractivity contribution in [1.82, 2.24) is 0 Å². The van der Waals surface area contributed by atoms with Crippen LogP contribution in [0.3, 0.4) is 0 Å². The van der Waals surface area contributed by atoms with E-state index in [9.17, 15) is 4.79 Å². The molecule has 1 aromatic carbocycles. The van der Waals surface area contributed by atoms with E-state index in [1.165, 1.54) is 12.8 Å². The maximum atomic E-state index is 12.8. The highest BCUT2D eigenvalue weighted by atomic mass is 79.9. The summed E-state index contributed by atoms with van der Waals surface area (Å²) in [7, 11) is 0. The van der Waals surface area contributed by atoms with E-state index in [4.69, 9.17) is 0 Å². The third-order valence-electron chi connectivity index (χ3n) is 4.34. The lowest BCUT2D eigenvalue weighted by atomic mass is 9.66. The highest BCUT2D eigenvalue weighted by Gasteiger charge is 2.38. The molecule has 19 heavy (non-hydrogen) atoms. The molecule has 0 aliphatic heterocycles. The van der Waals surface area contributed by atoms with E-state index in [0.717, 1.165) is 32.9 Å². The third kappa shape index (κ3) is 3.13. The van der Waals surface area contributed by atoms with Crippen molar-refractivity contribution in [1.29, 1.82) is 0 Å². The Bertz CT molecular complexity index is 506. The van der Waals surface area contributed by atoms with E-state index in [2.05, 4.69) is 45.7 Å². The lowest BCUT2D eigenvalue weighted by molar-refractivity contribution is 0.0696. The van der Waals surface area contributed by atoms with E-state index >= 15 is 0 Å². The first-order valence-corrected chi connectivity index (χ1v) is 8.41. The number of carbonyl (C=O) groups excluding carboxylic acids is 1. The third-order valence-corrected chi connectivity index (χ3v) is 5.85. The van der Waals surface area contributed by atoms with Gasteiger partial charge in [-0.25, -0.2) is 0 Å². The second-order valence-electron chi connectivity index (χ2n) is 6.23. The van der Waals surface area contributed by atoms with Crippen LogP contribution < -0.4 is 0 Å². The number of benzene rings is 1. The van der Waals surface area contributed by atoms with Crippen LogP contribution in [0.5, 0.6) is 0 Å². The number of hydrogen-bond acceptors (Lipinski definition) is 1. The molecule has 1 aliphatic carbocycles. The van der Waals surface area contributed by atoms with Crippen LogP contribution in [0.25, 0.3) is 0 Å². The fraction of sp³-hybridized carbons (Fsp3) is 0.562. The van der Waals surface area contributed by atoms with Gasteiger partial charge in [0.05, 0.1) is 0 Å². The number of halogens is 2. The zero-order chi connectivity index (χ0) is 14.2. The zero-order valence-corrected chi connectivity index (χ0v) is 14.9. The van der Waals surface area contributed by atoms with Crippen molar-refractivity contribution >= 4 is 37.6 Å². The predicted molar refractivity (Wildman–Crippen MR) is 86.6 cm³/mol. The monoisotopic (exact) mass is 386 g/mol.